The molecule has 0 atom stereocenters. The van der Waals surface area contributed by atoms with Crippen molar-refractivity contribution in [2.45, 2.75) is 19.9 Å². The molecule has 0 aliphatic carbocycles. The number of nitrogen functional groups attached to an aromatic ring is 1. The highest BCUT2D eigenvalue weighted by atomic mass is 16.5. The number of ether oxygens (including phenoxy) is 1. The van der Waals surface area contributed by atoms with Gasteiger partial charge in [-0.2, -0.15) is 5.10 Å². The van der Waals surface area contributed by atoms with Crippen molar-refractivity contribution in [3.63, 3.8) is 0 Å². The van der Waals surface area contributed by atoms with Gasteiger partial charge in [0, 0.05) is 18.2 Å². The molecule has 90 valence electrons. The number of aromatic nitrogens is 2. The van der Waals surface area contributed by atoms with Gasteiger partial charge in [-0.1, -0.05) is 6.92 Å². The smallest absolute Gasteiger partial charge is 0.122 e. The summed E-state index contributed by atoms with van der Waals surface area (Å²) in [5.41, 5.74) is 7.85. The van der Waals surface area contributed by atoms with Crippen LogP contribution in [0.2, 0.25) is 0 Å². The van der Waals surface area contributed by atoms with Crippen LogP contribution in [0.15, 0.2) is 30.3 Å². The zero-order chi connectivity index (χ0) is 12.3. The highest BCUT2D eigenvalue weighted by molar-refractivity contribution is 5.63. The molecule has 4 nitrogen and oxygen atoms in total. The van der Waals surface area contributed by atoms with Crippen LogP contribution in [0.5, 0.6) is 5.75 Å². The number of anilines is 1. The number of nitrogens with zero attached hydrogens (tertiary/aromatic N) is 2. The zero-order valence-corrected chi connectivity index (χ0v) is 10.2. The highest BCUT2D eigenvalue weighted by Crippen LogP contribution is 2.23. The van der Waals surface area contributed by atoms with Crippen molar-refractivity contribution in [2.24, 2.45) is 0 Å². The average molecular weight is 231 g/mol. The number of nitrogens with two attached hydrogens (primary N) is 1. The first-order valence-corrected chi connectivity index (χ1v) is 5.72. The Morgan fingerprint density at radius 2 is 2.00 bits per heavy atom. The van der Waals surface area contributed by atoms with Gasteiger partial charge in [-0.25, -0.2) is 4.68 Å². The largest absolute Gasteiger partial charge is 0.497 e. The topological polar surface area (TPSA) is 53.1 Å². The molecule has 0 unspecified atom stereocenters. The van der Waals surface area contributed by atoms with Crippen molar-refractivity contribution >= 4 is 5.82 Å². The van der Waals surface area contributed by atoms with Gasteiger partial charge in [-0.05, 0) is 30.7 Å². The van der Waals surface area contributed by atoms with Crippen molar-refractivity contribution in [1.29, 1.82) is 0 Å². The molecule has 1 heterocycles. The van der Waals surface area contributed by atoms with Crippen molar-refractivity contribution in [3.8, 4) is 17.0 Å². The molecule has 2 rings (SSSR count). The molecule has 1 aromatic heterocycles. The third-order valence-electron chi connectivity index (χ3n) is 2.63. The van der Waals surface area contributed by atoms with Crippen molar-refractivity contribution in [1.82, 2.24) is 9.78 Å². The molecule has 0 fully saturated rings. The van der Waals surface area contributed by atoms with Crippen molar-refractivity contribution < 1.29 is 4.74 Å². The lowest BCUT2D eigenvalue weighted by atomic mass is 10.1. The first-order chi connectivity index (χ1) is 8.24. The van der Waals surface area contributed by atoms with Crippen LogP contribution in [0.1, 0.15) is 13.3 Å². The fraction of sp³-hybridized carbons (Fsp3) is 0.308. The molecule has 0 spiro atoms. The number of aryl methyl sites for hydroxylation is 1. The summed E-state index contributed by atoms with van der Waals surface area (Å²) >= 11 is 0. The van der Waals surface area contributed by atoms with E-state index in [-0.39, 0.29) is 0 Å². The molecule has 0 saturated heterocycles. The quantitative estimate of drug-likeness (QED) is 0.879. The van der Waals surface area contributed by atoms with Gasteiger partial charge in [0.15, 0.2) is 0 Å². The van der Waals surface area contributed by atoms with Crippen molar-refractivity contribution in [3.05, 3.63) is 30.3 Å². The summed E-state index contributed by atoms with van der Waals surface area (Å²) < 4.78 is 6.96. The maximum absolute atomic E-state index is 5.90. The Hall–Kier alpha value is -1.97. The molecular formula is C13H17N3O. The van der Waals surface area contributed by atoms with Crippen LogP contribution < -0.4 is 10.5 Å². The molecule has 0 aliphatic rings. The molecule has 0 radical (unpaired) electrons. The lowest BCUT2D eigenvalue weighted by Crippen LogP contribution is -2.03. The summed E-state index contributed by atoms with van der Waals surface area (Å²) in [7, 11) is 1.66. The van der Waals surface area contributed by atoms with Gasteiger partial charge >= 0.3 is 0 Å². The average Bonchev–Trinajstić information content (AvgIpc) is 2.72. The van der Waals surface area contributed by atoms with Gasteiger partial charge in [0.05, 0.1) is 12.8 Å². The summed E-state index contributed by atoms with van der Waals surface area (Å²) in [4.78, 5) is 0. The van der Waals surface area contributed by atoms with E-state index in [1.165, 1.54) is 0 Å². The summed E-state index contributed by atoms with van der Waals surface area (Å²) in [6.45, 7) is 2.95. The Labute approximate surface area is 101 Å². The van der Waals surface area contributed by atoms with Crippen LogP contribution in [0.25, 0.3) is 11.3 Å². The summed E-state index contributed by atoms with van der Waals surface area (Å²) in [6.07, 6.45) is 1.02. The highest BCUT2D eigenvalue weighted by Gasteiger charge is 2.06. The van der Waals surface area contributed by atoms with Crippen molar-refractivity contribution in [2.75, 3.05) is 12.8 Å². The third-order valence-corrected chi connectivity index (χ3v) is 2.63. The molecule has 0 saturated carbocycles. The van der Waals surface area contributed by atoms with Gasteiger partial charge in [0.1, 0.15) is 11.6 Å². The number of benzene rings is 1. The number of hydrogen-bond acceptors (Lipinski definition) is 3. The Balaban J connectivity index is 2.29. The Kier molecular flexibility index (Phi) is 3.32. The first kappa shape index (κ1) is 11.5. The molecule has 2 aromatic rings. The molecule has 0 bridgehead atoms. The van der Waals surface area contributed by atoms with E-state index in [2.05, 4.69) is 12.0 Å². The second-order valence-electron chi connectivity index (χ2n) is 3.91. The van der Waals surface area contributed by atoms with Crippen LogP contribution in [0.3, 0.4) is 0 Å². The van der Waals surface area contributed by atoms with E-state index in [1.54, 1.807) is 7.11 Å². The van der Waals surface area contributed by atoms with E-state index < -0.39 is 0 Å². The predicted molar refractivity (Wildman–Crippen MR) is 68.9 cm³/mol. The van der Waals surface area contributed by atoms with Crippen LogP contribution in [0, 0.1) is 0 Å². The molecule has 0 aliphatic heterocycles. The Morgan fingerprint density at radius 3 is 2.59 bits per heavy atom. The standard InChI is InChI=1S/C13H17N3O/c1-3-8-16-13(14)9-12(15-16)10-4-6-11(17-2)7-5-10/h4-7,9H,3,8,14H2,1-2H3. The monoisotopic (exact) mass is 231 g/mol. The lowest BCUT2D eigenvalue weighted by molar-refractivity contribution is 0.415. The van der Waals surface area contributed by atoms with Crippen LogP contribution >= 0.6 is 0 Å². The SMILES string of the molecule is CCCn1nc(-c2ccc(OC)cc2)cc1N. The van der Waals surface area contributed by atoms with E-state index in [0.29, 0.717) is 5.82 Å². The molecule has 1 aromatic carbocycles. The minimum atomic E-state index is 0.706. The summed E-state index contributed by atoms with van der Waals surface area (Å²) in [5, 5.41) is 4.48. The lowest BCUT2D eigenvalue weighted by Gasteiger charge is -2.01. The second-order valence-corrected chi connectivity index (χ2v) is 3.91. The zero-order valence-electron chi connectivity index (χ0n) is 10.2. The minimum absolute atomic E-state index is 0.706. The maximum atomic E-state index is 5.90. The normalized spacial score (nSPS) is 10.5. The van der Waals surface area contributed by atoms with E-state index in [0.717, 1.165) is 30.0 Å². The van der Waals surface area contributed by atoms with E-state index in [9.17, 15) is 0 Å². The predicted octanol–water partition coefficient (Wildman–Crippen LogP) is 2.55. The summed E-state index contributed by atoms with van der Waals surface area (Å²) in [6, 6.07) is 9.71. The summed E-state index contributed by atoms with van der Waals surface area (Å²) in [5.74, 6) is 1.55. The van der Waals surface area contributed by atoms with Gasteiger partial charge in [-0.3, -0.25) is 0 Å². The fourth-order valence-electron chi connectivity index (χ4n) is 1.72. The maximum Gasteiger partial charge on any atom is 0.122 e. The van der Waals surface area contributed by atoms with Crippen LogP contribution in [-0.2, 0) is 6.54 Å². The molecule has 0 amide bonds. The van der Waals surface area contributed by atoms with Gasteiger partial charge < -0.3 is 10.5 Å². The number of methoxy groups -OCH3 is 1. The van der Waals surface area contributed by atoms with E-state index in [1.807, 2.05) is 35.0 Å². The molecule has 2 N–H and O–H groups in total. The fourth-order valence-corrected chi connectivity index (χ4v) is 1.72. The molecule has 4 heteroatoms. The minimum Gasteiger partial charge on any atom is -0.497 e. The van der Waals surface area contributed by atoms with E-state index >= 15 is 0 Å². The van der Waals surface area contributed by atoms with Crippen LogP contribution in [0.4, 0.5) is 5.82 Å². The third kappa shape index (κ3) is 2.41. The first-order valence-electron chi connectivity index (χ1n) is 5.72. The van der Waals surface area contributed by atoms with Crippen LogP contribution in [-0.4, -0.2) is 16.9 Å². The molecule has 17 heavy (non-hydrogen) atoms. The Morgan fingerprint density at radius 1 is 1.29 bits per heavy atom. The van der Waals surface area contributed by atoms with Gasteiger partial charge in [0.2, 0.25) is 0 Å². The Bertz CT molecular complexity index is 488. The number of rotatable bonds is 4. The van der Waals surface area contributed by atoms with Gasteiger partial charge in [0.25, 0.3) is 0 Å². The van der Waals surface area contributed by atoms with E-state index in [4.69, 9.17) is 10.5 Å². The van der Waals surface area contributed by atoms with Gasteiger partial charge in [-0.15, -0.1) is 0 Å². The second kappa shape index (κ2) is 4.91. The molecular weight excluding hydrogens is 214 g/mol. The number of hydrogen-bond donors (Lipinski definition) is 1.